The molecule has 4 rings (SSSR count). The summed E-state index contributed by atoms with van der Waals surface area (Å²) >= 11 is 0. The first kappa shape index (κ1) is 16.4. The number of hydrogen-bond donors (Lipinski definition) is 0. The molecule has 3 aliphatic heterocycles. The molecule has 24 heavy (non-hydrogen) atoms. The maximum atomic E-state index is 2.69. The van der Waals surface area contributed by atoms with Gasteiger partial charge in [-0.2, -0.15) is 0 Å². The van der Waals surface area contributed by atoms with E-state index in [9.17, 15) is 0 Å². The molecule has 0 bridgehead atoms. The van der Waals surface area contributed by atoms with Crippen LogP contribution >= 0.6 is 0 Å². The van der Waals surface area contributed by atoms with Crippen LogP contribution in [0.1, 0.15) is 44.1 Å². The van der Waals surface area contributed by atoms with Crippen molar-refractivity contribution in [3.05, 3.63) is 29.8 Å². The molecule has 0 unspecified atom stereocenters. The van der Waals surface area contributed by atoms with Gasteiger partial charge in [-0.25, -0.2) is 0 Å². The van der Waals surface area contributed by atoms with Crippen LogP contribution in [-0.2, 0) is 6.54 Å². The summed E-state index contributed by atoms with van der Waals surface area (Å²) in [5, 5.41) is 0. The molecule has 0 aromatic heterocycles. The van der Waals surface area contributed by atoms with Gasteiger partial charge in [0.2, 0.25) is 0 Å². The van der Waals surface area contributed by atoms with E-state index in [-0.39, 0.29) is 0 Å². The maximum Gasteiger partial charge on any atom is 0.0366 e. The number of likely N-dealkylation sites (tertiary alicyclic amines) is 2. The molecule has 1 aromatic rings. The van der Waals surface area contributed by atoms with Gasteiger partial charge in [0.1, 0.15) is 0 Å². The summed E-state index contributed by atoms with van der Waals surface area (Å²) < 4.78 is 0. The largest absolute Gasteiger partial charge is 0.372 e. The SMILES string of the molecule is c1cc(N2CCC(CN3CCCC3)CC2)ccc1CN1CCCC1. The molecule has 0 atom stereocenters. The molecule has 132 valence electrons. The monoisotopic (exact) mass is 327 g/mol. The summed E-state index contributed by atoms with van der Waals surface area (Å²) in [7, 11) is 0. The number of hydrogen-bond acceptors (Lipinski definition) is 3. The molecule has 3 saturated heterocycles. The summed E-state index contributed by atoms with van der Waals surface area (Å²) in [5.74, 6) is 0.925. The lowest BCUT2D eigenvalue weighted by atomic mass is 9.96. The molecular weight excluding hydrogens is 294 g/mol. The zero-order valence-electron chi connectivity index (χ0n) is 15.1. The van der Waals surface area contributed by atoms with Crippen molar-refractivity contribution in [1.29, 1.82) is 0 Å². The van der Waals surface area contributed by atoms with Crippen LogP contribution in [0.25, 0.3) is 0 Å². The van der Waals surface area contributed by atoms with Crippen LogP contribution in [0.4, 0.5) is 5.69 Å². The Morgan fingerprint density at radius 3 is 1.92 bits per heavy atom. The number of nitrogens with zero attached hydrogens (tertiary/aromatic N) is 3. The first-order valence-electron chi connectivity index (χ1n) is 10.2. The highest BCUT2D eigenvalue weighted by Crippen LogP contribution is 2.25. The third-order valence-electron chi connectivity index (χ3n) is 6.24. The molecular formula is C21H33N3. The van der Waals surface area contributed by atoms with E-state index < -0.39 is 0 Å². The Morgan fingerprint density at radius 2 is 1.29 bits per heavy atom. The van der Waals surface area contributed by atoms with E-state index >= 15 is 0 Å². The van der Waals surface area contributed by atoms with E-state index in [2.05, 4.69) is 39.0 Å². The topological polar surface area (TPSA) is 9.72 Å². The first-order chi connectivity index (χ1) is 11.9. The van der Waals surface area contributed by atoms with Crippen LogP contribution < -0.4 is 4.90 Å². The van der Waals surface area contributed by atoms with Crippen LogP contribution in [0, 0.1) is 5.92 Å². The number of piperidine rings is 1. The average molecular weight is 328 g/mol. The highest BCUT2D eigenvalue weighted by Gasteiger charge is 2.23. The van der Waals surface area contributed by atoms with Gasteiger partial charge in [-0.3, -0.25) is 4.90 Å². The minimum Gasteiger partial charge on any atom is -0.372 e. The van der Waals surface area contributed by atoms with E-state index in [1.807, 2.05) is 0 Å². The Hall–Kier alpha value is -1.06. The zero-order chi connectivity index (χ0) is 16.2. The van der Waals surface area contributed by atoms with Crippen molar-refractivity contribution in [2.45, 2.75) is 45.1 Å². The van der Waals surface area contributed by atoms with Crippen LogP contribution in [0.15, 0.2) is 24.3 Å². The quantitative estimate of drug-likeness (QED) is 0.818. The number of rotatable bonds is 5. The Labute approximate surface area is 147 Å². The third kappa shape index (κ3) is 4.12. The van der Waals surface area contributed by atoms with Crippen molar-refractivity contribution in [2.24, 2.45) is 5.92 Å². The fraction of sp³-hybridized carbons (Fsp3) is 0.714. The van der Waals surface area contributed by atoms with Crippen molar-refractivity contribution in [3.8, 4) is 0 Å². The fourth-order valence-electron chi connectivity index (χ4n) is 4.72. The Morgan fingerprint density at radius 1 is 0.708 bits per heavy atom. The van der Waals surface area contributed by atoms with Gasteiger partial charge in [0.05, 0.1) is 0 Å². The molecule has 3 aliphatic rings. The molecule has 0 N–H and O–H groups in total. The first-order valence-corrected chi connectivity index (χ1v) is 10.2. The van der Waals surface area contributed by atoms with Crippen molar-refractivity contribution < 1.29 is 0 Å². The van der Waals surface area contributed by atoms with Gasteiger partial charge in [0.25, 0.3) is 0 Å². The standard InChI is InChI=1S/C21H33N3/c1-2-12-22(11-1)17-19-5-7-21(8-6-19)24-15-9-20(10-16-24)18-23-13-3-4-14-23/h5-8,20H,1-4,9-18H2. The normalized spacial score (nSPS) is 24.1. The van der Waals surface area contributed by atoms with Gasteiger partial charge in [-0.1, -0.05) is 12.1 Å². The molecule has 3 heteroatoms. The van der Waals surface area contributed by atoms with Gasteiger partial charge in [0, 0.05) is 31.9 Å². The molecule has 3 nitrogen and oxygen atoms in total. The van der Waals surface area contributed by atoms with Crippen molar-refractivity contribution in [2.75, 3.05) is 50.7 Å². The second-order valence-corrected chi connectivity index (χ2v) is 8.09. The molecule has 0 spiro atoms. The summed E-state index contributed by atoms with van der Waals surface area (Å²) in [6.07, 6.45) is 8.33. The van der Waals surface area contributed by atoms with Crippen molar-refractivity contribution in [1.82, 2.24) is 9.80 Å². The molecule has 0 aliphatic carbocycles. The molecule has 0 radical (unpaired) electrons. The van der Waals surface area contributed by atoms with Crippen molar-refractivity contribution in [3.63, 3.8) is 0 Å². The lowest BCUT2D eigenvalue weighted by molar-refractivity contribution is 0.249. The van der Waals surface area contributed by atoms with Crippen LogP contribution in [-0.4, -0.2) is 55.6 Å². The van der Waals surface area contributed by atoms with Crippen molar-refractivity contribution >= 4 is 5.69 Å². The fourth-order valence-corrected chi connectivity index (χ4v) is 4.72. The highest BCUT2D eigenvalue weighted by atomic mass is 15.2. The molecule has 3 fully saturated rings. The van der Waals surface area contributed by atoms with Crippen LogP contribution in [0.3, 0.4) is 0 Å². The lowest BCUT2D eigenvalue weighted by Gasteiger charge is -2.35. The van der Waals surface area contributed by atoms with Gasteiger partial charge in [-0.15, -0.1) is 0 Å². The second-order valence-electron chi connectivity index (χ2n) is 8.09. The zero-order valence-corrected chi connectivity index (χ0v) is 15.1. The Balaban J connectivity index is 1.25. The predicted molar refractivity (Wildman–Crippen MR) is 102 cm³/mol. The van der Waals surface area contributed by atoms with E-state index in [0.717, 1.165) is 12.5 Å². The Bertz CT molecular complexity index is 492. The van der Waals surface area contributed by atoms with E-state index in [0.29, 0.717) is 0 Å². The summed E-state index contributed by atoms with van der Waals surface area (Å²) in [6, 6.07) is 9.41. The third-order valence-corrected chi connectivity index (χ3v) is 6.24. The van der Waals surface area contributed by atoms with Crippen LogP contribution in [0.2, 0.25) is 0 Å². The highest BCUT2D eigenvalue weighted by molar-refractivity contribution is 5.48. The molecule has 0 amide bonds. The minimum atomic E-state index is 0.925. The van der Waals surface area contributed by atoms with Gasteiger partial charge in [-0.05, 0) is 88.3 Å². The molecule has 0 saturated carbocycles. The molecule has 3 heterocycles. The maximum absolute atomic E-state index is 2.69. The second kappa shape index (κ2) is 7.88. The number of benzene rings is 1. The van der Waals surface area contributed by atoms with Gasteiger partial charge < -0.3 is 9.80 Å². The van der Waals surface area contributed by atoms with Crippen LogP contribution in [0.5, 0.6) is 0 Å². The van der Waals surface area contributed by atoms with Gasteiger partial charge >= 0.3 is 0 Å². The minimum absolute atomic E-state index is 0.925. The van der Waals surface area contributed by atoms with Gasteiger partial charge in [0.15, 0.2) is 0 Å². The lowest BCUT2D eigenvalue weighted by Crippen LogP contribution is -2.38. The smallest absolute Gasteiger partial charge is 0.0366 e. The van der Waals surface area contributed by atoms with E-state index in [1.165, 1.54) is 95.6 Å². The summed E-state index contributed by atoms with van der Waals surface area (Å²) in [4.78, 5) is 7.87. The average Bonchev–Trinajstić information content (AvgIpc) is 3.31. The van der Waals surface area contributed by atoms with E-state index in [1.54, 1.807) is 0 Å². The summed E-state index contributed by atoms with van der Waals surface area (Å²) in [6.45, 7) is 10.2. The summed E-state index contributed by atoms with van der Waals surface area (Å²) in [5.41, 5.74) is 2.91. The predicted octanol–water partition coefficient (Wildman–Crippen LogP) is 3.59. The van der Waals surface area contributed by atoms with E-state index in [4.69, 9.17) is 0 Å². The Kier molecular flexibility index (Phi) is 5.39. The number of anilines is 1. The molecule has 1 aromatic carbocycles.